The fourth-order valence-electron chi connectivity index (χ4n) is 3.05. The lowest BCUT2D eigenvalue weighted by atomic mass is 9.95. The monoisotopic (exact) mass is 310 g/mol. The minimum Gasteiger partial charge on any atom is -0.376 e. The molecule has 1 aromatic carbocycles. The molecule has 1 aromatic rings. The molecule has 0 radical (unpaired) electrons. The zero-order valence-corrected chi connectivity index (χ0v) is 13.1. The minimum atomic E-state index is -0.131. The normalized spacial score (nSPS) is 25.6. The van der Waals surface area contributed by atoms with Crippen molar-refractivity contribution < 1.29 is 9.53 Å². The fourth-order valence-corrected chi connectivity index (χ4v) is 3.05. The summed E-state index contributed by atoms with van der Waals surface area (Å²) >= 11 is 0. The molecule has 2 aliphatic heterocycles. The number of hydrogen-bond acceptors (Lipinski definition) is 3. The van der Waals surface area contributed by atoms with Gasteiger partial charge in [-0.15, -0.1) is 12.4 Å². The van der Waals surface area contributed by atoms with Gasteiger partial charge in [-0.3, -0.25) is 4.79 Å². The molecule has 0 aliphatic carbocycles. The van der Waals surface area contributed by atoms with E-state index in [1.54, 1.807) is 0 Å². The lowest BCUT2D eigenvalue weighted by Gasteiger charge is -2.28. The Labute approximate surface area is 132 Å². The van der Waals surface area contributed by atoms with Crippen LogP contribution in [-0.4, -0.2) is 30.7 Å². The van der Waals surface area contributed by atoms with Crippen molar-refractivity contribution in [2.45, 2.75) is 50.9 Å². The maximum atomic E-state index is 12.3. The van der Waals surface area contributed by atoms with Crippen molar-refractivity contribution in [3.8, 4) is 0 Å². The van der Waals surface area contributed by atoms with Crippen molar-refractivity contribution in [2.24, 2.45) is 0 Å². The Balaban J connectivity index is 0.00000161. The third-order valence-electron chi connectivity index (χ3n) is 4.29. The van der Waals surface area contributed by atoms with Gasteiger partial charge in [0.25, 0.3) is 0 Å². The third kappa shape index (κ3) is 3.76. The number of hydrogen-bond donors (Lipinski definition) is 2. The summed E-state index contributed by atoms with van der Waals surface area (Å²) in [5, 5.41) is 6.41. The highest BCUT2D eigenvalue weighted by Gasteiger charge is 2.28. The second-order valence-electron chi connectivity index (χ2n) is 5.76. The molecule has 2 heterocycles. The lowest BCUT2D eigenvalue weighted by Crippen LogP contribution is -2.52. The van der Waals surface area contributed by atoms with Crippen molar-refractivity contribution in [1.29, 1.82) is 0 Å². The Morgan fingerprint density at radius 2 is 2.14 bits per heavy atom. The highest BCUT2D eigenvalue weighted by Crippen LogP contribution is 2.18. The van der Waals surface area contributed by atoms with E-state index >= 15 is 0 Å². The van der Waals surface area contributed by atoms with Crippen molar-refractivity contribution in [3.63, 3.8) is 0 Å². The van der Waals surface area contributed by atoms with Crippen LogP contribution in [0.1, 0.15) is 30.9 Å². The smallest absolute Gasteiger partial charge is 0.237 e. The highest BCUT2D eigenvalue weighted by atomic mass is 35.5. The van der Waals surface area contributed by atoms with E-state index in [0.29, 0.717) is 0 Å². The molecule has 1 amide bonds. The Hall–Kier alpha value is -1.10. The predicted molar refractivity (Wildman–Crippen MR) is 84.6 cm³/mol. The third-order valence-corrected chi connectivity index (χ3v) is 4.29. The van der Waals surface area contributed by atoms with Crippen molar-refractivity contribution >= 4 is 18.3 Å². The molecule has 2 N–H and O–H groups in total. The van der Waals surface area contributed by atoms with E-state index < -0.39 is 0 Å². The van der Waals surface area contributed by atoms with Gasteiger partial charge in [0.05, 0.1) is 18.2 Å². The summed E-state index contributed by atoms with van der Waals surface area (Å²) in [5.41, 5.74) is 2.57. The van der Waals surface area contributed by atoms with Gasteiger partial charge in [-0.05, 0) is 37.3 Å². The summed E-state index contributed by atoms with van der Waals surface area (Å²) in [5.74, 6) is 0.0857. The van der Waals surface area contributed by atoms with Crippen LogP contribution < -0.4 is 10.6 Å². The Morgan fingerprint density at radius 3 is 2.86 bits per heavy atom. The summed E-state index contributed by atoms with van der Waals surface area (Å²) < 4.78 is 5.62. The molecule has 0 spiro atoms. The van der Waals surface area contributed by atoms with E-state index in [1.165, 1.54) is 11.1 Å². The number of carbonyl (C=O) groups excluding carboxylic acids is 1. The van der Waals surface area contributed by atoms with Crippen molar-refractivity contribution in [3.05, 3.63) is 35.4 Å². The van der Waals surface area contributed by atoms with Crippen molar-refractivity contribution in [2.75, 3.05) is 6.61 Å². The van der Waals surface area contributed by atoms with E-state index in [2.05, 4.69) is 22.8 Å². The number of ether oxygens (including phenoxy) is 1. The lowest BCUT2D eigenvalue weighted by molar-refractivity contribution is -0.124. The van der Waals surface area contributed by atoms with E-state index in [4.69, 9.17) is 4.74 Å². The maximum absolute atomic E-state index is 12.3. The standard InChI is InChI=1S/C16H22N2O2.ClH/c1-11(15-7-4-8-20-15)18-16(19)14-9-12-5-2-3-6-13(12)10-17-14;/h2-3,5-6,11,14-15,17H,4,7-10H2,1H3,(H,18,19);1H. The van der Waals surface area contributed by atoms with Gasteiger partial charge in [-0.2, -0.15) is 0 Å². The molecule has 2 aliphatic rings. The molecule has 116 valence electrons. The number of nitrogens with one attached hydrogen (secondary N) is 2. The van der Waals surface area contributed by atoms with Gasteiger partial charge in [0.15, 0.2) is 0 Å². The molecule has 3 unspecified atom stereocenters. The van der Waals surface area contributed by atoms with Gasteiger partial charge < -0.3 is 15.4 Å². The van der Waals surface area contributed by atoms with E-state index in [-0.39, 0.29) is 36.5 Å². The Kier molecular flexibility index (Phi) is 5.62. The van der Waals surface area contributed by atoms with E-state index in [0.717, 1.165) is 32.4 Å². The number of halogens is 1. The number of benzene rings is 1. The molecule has 3 atom stereocenters. The van der Waals surface area contributed by atoms with Crippen LogP contribution in [0.2, 0.25) is 0 Å². The molecular weight excluding hydrogens is 288 g/mol. The molecule has 3 rings (SSSR count). The van der Waals surface area contributed by atoms with Crippen LogP contribution in [0.3, 0.4) is 0 Å². The van der Waals surface area contributed by atoms with Gasteiger partial charge >= 0.3 is 0 Å². The van der Waals surface area contributed by atoms with Crippen LogP contribution in [0.15, 0.2) is 24.3 Å². The van der Waals surface area contributed by atoms with E-state index in [9.17, 15) is 4.79 Å². The van der Waals surface area contributed by atoms with Gasteiger partial charge in [0, 0.05) is 13.2 Å². The van der Waals surface area contributed by atoms with Crippen LogP contribution in [0, 0.1) is 0 Å². The first kappa shape index (κ1) is 16.3. The molecule has 0 saturated carbocycles. The highest BCUT2D eigenvalue weighted by molar-refractivity contribution is 5.85. The zero-order chi connectivity index (χ0) is 13.9. The van der Waals surface area contributed by atoms with Gasteiger partial charge in [-0.1, -0.05) is 24.3 Å². The summed E-state index contributed by atoms with van der Waals surface area (Å²) in [7, 11) is 0. The second-order valence-corrected chi connectivity index (χ2v) is 5.76. The molecule has 5 heteroatoms. The first-order valence-electron chi connectivity index (χ1n) is 7.46. The van der Waals surface area contributed by atoms with Crippen LogP contribution in [-0.2, 0) is 22.5 Å². The summed E-state index contributed by atoms with van der Waals surface area (Å²) in [6, 6.07) is 8.26. The van der Waals surface area contributed by atoms with Crippen LogP contribution in [0.4, 0.5) is 0 Å². The molecule has 0 bridgehead atoms. The minimum absolute atomic E-state index is 0. The topological polar surface area (TPSA) is 50.4 Å². The van der Waals surface area contributed by atoms with Crippen LogP contribution >= 0.6 is 12.4 Å². The quantitative estimate of drug-likeness (QED) is 0.895. The molecule has 1 saturated heterocycles. The van der Waals surface area contributed by atoms with Crippen LogP contribution in [0.25, 0.3) is 0 Å². The van der Waals surface area contributed by atoms with Crippen LogP contribution in [0.5, 0.6) is 0 Å². The molecule has 0 aromatic heterocycles. The molecule has 1 fully saturated rings. The zero-order valence-electron chi connectivity index (χ0n) is 12.3. The number of rotatable bonds is 3. The van der Waals surface area contributed by atoms with Gasteiger partial charge in [0.2, 0.25) is 5.91 Å². The maximum Gasteiger partial charge on any atom is 0.237 e. The summed E-state index contributed by atoms with van der Waals surface area (Å²) in [6.45, 7) is 3.62. The van der Waals surface area contributed by atoms with Crippen molar-refractivity contribution in [1.82, 2.24) is 10.6 Å². The molecular formula is C16H23ClN2O2. The Morgan fingerprint density at radius 1 is 1.38 bits per heavy atom. The van der Waals surface area contributed by atoms with Gasteiger partial charge in [0.1, 0.15) is 0 Å². The summed E-state index contributed by atoms with van der Waals surface area (Å²) in [6.07, 6.45) is 3.08. The first-order valence-corrected chi connectivity index (χ1v) is 7.46. The second kappa shape index (κ2) is 7.25. The molecule has 4 nitrogen and oxygen atoms in total. The average molecular weight is 311 g/mol. The average Bonchev–Trinajstić information content (AvgIpc) is 3.01. The van der Waals surface area contributed by atoms with E-state index in [1.807, 2.05) is 19.1 Å². The predicted octanol–water partition coefficient (Wildman–Crippen LogP) is 1.81. The Bertz CT molecular complexity index is 489. The number of fused-ring (bicyclic) bond motifs is 1. The summed E-state index contributed by atoms with van der Waals surface area (Å²) in [4.78, 5) is 12.3. The SMILES string of the molecule is CC(NC(=O)C1Cc2ccccc2CN1)C1CCCO1.Cl. The fraction of sp³-hybridized carbons (Fsp3) is 0.562. The first-order chi connectivity index (χ1) is 9.74. The van der Waals surface area contributed by atoms with Gasteiger partial charge in [-0.25, -0.2) is 0 Å². The largest absolute Gasteiger partial charge is 0.376 e. The number of amides is 1. The molecule has 21 heavy (non-hydrogen) atoms. The number of carbonyl (C=O) groups is 1.